The van der Waals surface area contributed by atoms with Gasteiger partial charge >= 0.3 is 0 Å². The van der Waals surface area contributed by atoms with Gasteiger partial charge in [0.15, 0.2) is 0 Å². The second-order valence-electron chi connectivity index (χ2n) is 9.27. The Bertz CT molecular complexity index is 1160. The van der Waals surface area contributed by atoms with E-state index in [9.17, 15) is 9.59 Å². The molecule has 0 spiro atoms. The Morgan fingerprint density at radius 2 is 1.35 bits per heavy atom. The molecule has 1 saturated heterocycles. The molecule has 2 heterocycles. The molecule has 0 radical (unpaired) electrons. The fourth-order valence-electron chi connectivity index (χ4n) is 4.96. The summed E-state index contributed by atoms with van der Waals surface area (Å²) in [5.41, 5.74) is 2.42. The lowest BCUT2D eigenvalue weighted by Gasteiger charge is -2.37. The minimum Gasteiger partial charge on any atom is -0.376 e. The zero-order chi connectivity index (χ0) is 24.2. The van der Waals surface area contributed by atoms with Crippen LogP contribution in [-0.2, 0) is 11.3 Å². The van der Waals surface area contributed by atoms with Crippen LogP contribution < -0.4 is 0 Å². The van der Waals surface area contributed by atoms with Crippen LogP contribution in [0.25, 0.3) is 10.8 Å². The fraction of sp³-hybridized carbons (Fsp3) is 0.357. The number of carbonyl (C=O) groups is 2. The Hall–Kier alpha value is -2.13. The van der Waals surface area contributed by atoms with Gasteiger partial charge in [0.1, 0.15) is 0 Å². The summed E-state index contributed by atoms with van der Waals surface area (Å²) in [6, 6.07) is 21.5. The molecular weight excluding hydrogens is 529 g/mol. The molecule has 0 N–H and O–H groups in total. The van der Waals surface area contributed by atoms with Crippen LogP contribution in [0.4, 0.5) is 0 Å². The molecule has 1 fully saturated rings. The first kappa shape index (κ1) is 29.4. The Morgan fingerprint density at radius 1 is 0.757 bits per heavy atom. The molecule has 2 amide bonds. The first-order valence-corrected chi connectivity index (χ1v) is 12.7. The molecule has 1 atom stereocenters. The number of rotatable bonds is 9. The highest BCUT2D eigenvalue weighted by molar-refractivity contribution is 7.81. The summed E-state index contributed by atoms with van der Waals surface area (Å²) in [4.78, 5) is 32.3. The summed E-state index contributed by atoms with van der Waals surface area (Å²) in [6.07, 6.45) is 0. The van der Waals surface area contributed by atoms with Gasteiger partial charge in [-0.1, -0.05) is 54.6 Å². The average molecular weight is 563 g/mol. The number of hydrogen-bond donors (Lipinski definition) is 1. The molecule has 5 rings (SSSR count). The molecule has 6 nitrogen and oxygen atoms in total. The number of amides is 2. The molecular formula is C28H33Cl2N3O3S. The monoisotopic (exact) mass is 561 g/mol. The predicted molar refractivity (Wildman–Crippen MR) is 156 cm³/mol. The molecule has 2 aliphatic rings. The third-order valence-corrected chi connectivity index (χ3v) is 7.16. The van der Waals surface area contributed by atoms with Gasteiger partial charge in [-0.3, -0.25) is 24.3 Å². The predicted octanol–water partition coefficient (Wildman–Crippen LogP) is 4.41. The molecule has 198 valence electrons. The molecule has 2 aliphatic heterocycles. The quantitative estimate of drug-likeness (QED) is 0.310. The van der Waals surface area contributed by atoms with Crippen molar-refractivity contribution in [3.8, 4) is 0 Å². The molecule has 0 bridgehead atoms. The Kier molecular flexibility index (Phi) is 10.8. The van der Waals surface area contributed by atoms with Crippen LogP contribution in [0.1, 0.15) is 26.3 Å². The number of piperazine rings is 1. The van der Waals surface area contributed by atoms with Crippen molar-refractivity contribution in [1.29, 1.82) is 0 Å². The standard InChI is InChI=1S/C28H31N3O3S.2ClH/c32-27-24-10-4-8-22-9-5-11-25(26(22)24)28(33)31(27)17-16-29-12-14-30(15-13-29)18-23(35)20-34-19-21-6-2-1-3-7-21;;/h1-11,23,35H,12-20H2;2*1H. The van der Waals surface area contributed by atoms with Crippen LogP contribution in [0.2, 0.25) is 0 Å². The van der Waals surface area contributed by atoms with Crippen molar-refractivity contribution in [3.05, 3.63) is 83.4 Å². The van der Waals surface area contributed by atoms with Crippen molar-refractivity contribution in [1.82, 2.24) is 14.7 Å². The van der Waals surface area contributed by atoms with Gasteiger partial charge in [-0.2, -0.15) is 12.6 Å². The van der Waals surface area contributed by atoms with Crippen molar-refractivity contribution < 1.29 is 14.3 Å². The number of imide groups is 1. The van der Waals surface area contributed by atoms with Crippen LogP contribution in [-0.4, -0.2) is 84.2 Å². The number of nitrogens with zero attached hydrogens (tertiary/aromatic N) is 3. The van der Waals surface area contributed by atoms with Gasteiger partial charge in [0.2, 0.25) is 0 Å². The summed E-state index contributed by atoms with van der Waals surface area (Å²) < 4.78 is 5.83. The fourth-order valence-corrected chi connectivity index (χ4v) is 5.29. The largest absolute Gasteiger partial charge is 0.376 e. The molecule has 37 heavy (non-hydrogen) atoms. The van der Waals surface area contributed by atoms with Crippen LogP contribution >= 0.6 is 37.4 Å². The number of halogens is 2. The Labute approximate surface area is 236 Å². The smallest absolute Gasteiger partial charge is 0.261 e. The van der Waals surface area contributed by atoms with Gasteiger partial charge < -0.3 is 4.74 Å². The molecule has 0 aromatic heterocycles. The lowest BCUT2D eigenvalue weighted by atomic mass is 9.94. The highest BCUT2D eigenvalue weighted by atomic mass is 35.5. The lowest BCUT2D eigenvalue weighted by molar-refractivity contribution is 0.0568. The highest BCUT2D eigenvalue weighted by Crippen LogP contribution is 2.29. The highest BCUT2D eigenvalue weighted by Gasteiger charge is 2.32. The number of hydrogen-bond acceptors (Lipinski definition) is 6. The van der Waals surface area contributed by atoms with Gasteiger partial charge in [0, 0.05) is 67.6 Å². The topological polar surface area (TPSA) is 53.1 Å². The average Bonchev–Trinajstić information content (AvgIpc) is 2.88. The number of thiol groups is 1. The SMILES string of the molecule is Cl.Cl.O=C1c2cccc3cccc(c23)C(=O)N1CCN1CCN(CC(S)COCc2ccccc2)CC1. The van der Waals surface area contributed by atoms with Crippen molar-refractivity contribution in [2.75, 3.05) is 52.4 Å². The Balaban J connectivity index is 0.00000190. The van der Waals surface area contributed by atoms with Gasteiger partial charge in [0.25, 0.3) is 11.8 Å². The number of benzene rings is 3. The molecule has 3 aromatic carbocycles. The van der Waals surface area contributed by atoms with Crippen molar-refractivity contribution in [3.63, 3.8) is 0 Å². The van der Waals surface area contributed by atoms with E-state index in [1.54, 1.807) is 0 Å². The van der Waals surface area contributed by atoms with E-state index in [0.717, 1.165) is 43.5 Å². The van der Waals surface area contributed by atoms with E-state index >= 15 is 0 Å². The molecule has 0 aliphatic carbocycles. The number of ether oxygens (including phenoxy) is 1. The maximum absolute atomic E-state index is 13.1. The Morgan fingerprint density at radius 3 is 1.97 bits per heavy atom. The molecule has 1 unspecified atom stereocenters. The van der Waals surface area contributed by atoms with E-state index in [-0.39, 0.29) is 41.9 Å². The van der Waals surface area contributed by atoms with Crippen molar-refractivity contribution in [2.24, 2.45) is 0 Å². The van der Waals surface area contributed by atoms with Gasteiger partial charge in [0.05, 0.1) is 13.2 Å². The van der Waals surface area contributed by atoms with Crippen LogP contribution in [0.15, 0.2) is 66.7 Å². The van der Waals surface area contributed by atoms with Crippen molar-refractivity contribution in [2.45, 2.75) is 11.9 Å². The van der Waals surface area contributed by atoms with Gasteiger partial charge in [-0.15, -0.1) is 24.8 Å². The van der Waals surface area contributed by atoms with Crippen LogP contribution in [0, 0.1) is 0 Å². The first-order chi connectivity index (χ1) is 17.1. The molecule has 0 saturated carbocycles. The molecule has 9 heteroatoms. The maximum atomic E-state index is 13.1. The van der Waals surface area contributed by atoms with E-state index in [0.29, 0.717) is 37.4 Å². The van der Waals surface area contributed by atoms with Crippen molar-refractivity contribution >= 4 is 60.0 Å². The van der Waals surface area contributed by atoms with E-state index in [2.05, 4.69) is 21.9 Å². The van der Waals surface area contributed by atoms with E-state index < -0.39 is 0 Å². The zero-order valence-corrected chi connectivity index (χ0v) is 23.1. The number of carbonyl (C=O) groups excluding carboxylic acids is 2. The lowest BCUT2D eigenvalue weighted by Crippen LogP contribution is -2.51. The second-order valence-corrected chi connectivity index (χ2v) is 10.00. The van der Waals surface area contributed by atoms with Gasteiger partial charge in [-0.25, -0.2) is 0 Å². The third kappa shape index (κ3) is 6.85. The summed E-state index contributed by atoms with van der Waals surface area (Å²) >= 11 is 4.72. The van der Waals surface area contributed by atoms with E-state index in [4.69, 9.17) is 17.4 Å². The summed E-state index contributed by atoms with van der Waals surface area (Å²) in [5.74, 6) is -0.377. The minimum atomic E-state index is -0.189. The summed E-state index contributed by atoms with van der Waals surface area (Å²) in [6.45, 7) is 6.92. The summed E-state index contributed by atoms with van der Waals surface area (Å²) in [7, 11) is 0. The van der Waals surface area contributed by atoms with E-state index in [1.165, 1.54) is 10.5 Å². The van der Waals surface area contributed by atoms with Crippen LogP contribution in [0.3, 0.4) is 0 Å². The van der Waals surface area contributed by atoms with Crippen LogP contribution in [0.5, 0.6) is 0 Å². The maximum Gasteiger partial charge on any atom is 0.261 e. The van der Waals surface area contributed by atoms with E-state index in [1.807, 2.05) is 54.6 Å². The zero-order valence-electron chi connectivity index (χ0n) is 20.6. The molecule has 3 aromatic rings. The second kappa shape index (κ2) is 13.6. The first-order valence-electron chi connectivity index (χ1n) is 12.2. The minimum absolute atomic E-state index is 0. The third-order valence-electron chi connectivity index (χ3n) is 6.85. The van der Waals surface area contributed by atoms with Gasteiger partial charge in [-0.05, 0) is 23.1 Å². The summed E-state index contributed by atoms with van der Waals surface area (Å²) in [5, 5.41) is 1.88. The normalized spacial score (nSPS) is 16.8.